The third-order valence-electron chi connectivity index (χ3n) is 6.05. The van der Waals surface area contributed by atoms with Crippen LogP contribution in [0, 0.1) is 0 Å². The zero-order valence-electron chi connectivity index (χ0n) is 15.8. The SMILES string of the molecule is CS(=O)(=O)N1CCC(N2CC(n3cc(-c4ccnc5[nH]ccc45)cn3)C2)CC1. The smallest absolute Gasteiger partial charge is 0.211 e. The molecule has 0 aliphatic carbocycles. The second-order valence-electron chi connectivity index (χ2n) is 7.81. The molecule has 1 N–H and O–H groups in total. The Morgan fingerprint density at radius 3 is 2.68 bits per heavy atom. The quantitative estimate of drug-likeness (QED) is 0.720. The number of sulfonamides is 1. The van der Waals surface area contributed by atoms with Crippen LogP contribution in [0.4, 0.5) is 0 Å². The van der Waals surface area contributed by atoms with E-state index in [-0.39, 0.29) is 0 Å². The number of likely N-dealkylation sites (tertiary alicyclic amines) is 1. The molecule has 0 bridgehead atoms. The Hall–Kier alpha value is -2.23. The van der Waals surface area contributed by atoms with Gasteiger partial charge in [-0.05, 0) is 30.5 Å². The number of aromatic amines is 1. The molecule has 0 spiro atoms. The van der Waals surface area contributed by atoms with Crippen molar-refractivity contribution in [2.75, 3.05) is 32.4 Å². The van der Waals surface area contributed by atoms with Crippen molar-refractivity contribution >= 4 is 21.1 Å². The van der Waals surface area contributed by atoms with Gasteiger partial charge >= 0.3 is 0 Å². The third kappa shape index (κ3) is 3.13. The van der Waals surface area contributed by atoms with Gasteiger partial charge in [0.1, 0.15) is 5.65 Å². The van der Waals surface area contributed by atoms with E-state index in [9.17, 15) is 8.42 Å². The molecule has 3 aromatic heterocycles. The highest BCUT2D eigenvalue weighted by atomic mass is 32.2. The number of piperidine rings is 1. The Bertz CT molecular complexity index is 1090. The van der Waals surface area contributed by atoms with Crippen molar-refractivity contribution in [1.82, 2.24) is 29.0 Å². The number of hydrogen-bond donors (Lipinski definition) is 1. The summed E-state index contributed by atoms with van der Waals surface area (Å²) in [5.41, 5.74) is 3.13. The minimum atomic E-state index is -3.06. The second-order valence-corrected chi connectivity index (χ2v) is 9.79. The molecular formula is C19H24N6O2S. The molecule has 2 fully saturated rings. The maximum absolute atomic E-state index is 11.7. The molecule has 9 heteroatoms. The summed E-state index contributed by atoms with van der Waals surface area (Å²) < 4.78 is 27.0. The molecule has 28 heavy (non-hydrogen) atoms. The molecule has 0 radical (unpaired) electrons. The highest BCUT2D eigenvalue weighted by Crippen LogP contribution is 2.31. The molecule has 0 atom stereocenters. The average molecular weight is 401 g/mol. The number of nitrogens with zero attached hydrogens (tertiary/aromatic N) is 5. The first-order valence-corrected chi connectivity index (χ1v) is 11.5. The fraction of sp³-hybridized carbons (Fsp3) is 0.474. The van der Waals surface area contributed by atoms with Crippen molar-refractivity contribution in [1.29, 1.82) is 0 Å². The fourth-order valence-electron chi connectivity index (χ4n) is 4.38. The van der Waals surface area contributed by atoms with Crippen molar-refractivity contribution in [2.45, 2.75) is 24.9 Å². The summed E-state index contributed by atoms with van der Waals surface area (Å²) in [5, 5.41) is 5.71. The summed E-state index contributed by atoms with van der Waals surface area (Å²) >= 11 is 0. The van der Waals surface area contributed by atoms with Crippen molar-refractivity contribution in [3.8, 4) is 11.1 Å². The number of hydrogen-bond acceptors (Lipinski definition) is 5. The van der Waals surface area contributed by atoms with Gasteiger partial charge in [0, 0.05) is 61.8 Å². The summed E-state index contributed by atoms with van der Waals surface area (Å²) in [6.07, 6.45) is 10.9. The molecule has 0 saturated carbocycles. The van der Waals surface area contributed by atoms with E-state index in [0.29, 0.717) is 25.2 Å². The molecule has 3 aromatic rings. The number of rotatable bonds is 4. The van der Waals surface area contributed by atoms with Gasteiger partial charge in [-0.15, -0.1) is 0 Å². The molecule has 8 nitrogen and oxygen atoms in total. The Morgan fingerprint density at radius 1 is 1.14 bits per heavy atom. The van der Waals surface area contributed by atoms with Crippen LogP contribution in [0.5, 0.6) is 0 Å². The maximum Gasteiger partial charge on any atom is 0.211 e. The van der Waals surface area contributed by atoms with E-state index < -0.39 is 10.0 Å². The molecule has 5 heterocycles. The van der Waals surface area contributed by atoms with Crippen LogP contribution in [0.3, 0.4) is 0 Å². The Labute approximate surface area is 164 Å². The van der Waals surface area contributed by atoms with Gasteiger partial charge in [-0.1, -0.05) is 0 Å². The van der Waals surface area contributed by atoms with Gasteiger partial charge in [0.2, 0.25) is 10.0 Å². The number of H-pyrrole nitrogens is 1. The summed E-state index contributed by atoms with van der Waals surface area (Å²) in [7, 11) is -3.06. The standard InChI is InChI=1S/C19H24N6O2S/c1-28(26,27)24-8-4-15(5-9-24)23-12-16(13-23)25-11-14(10-22-25)17-2-6-20-19-18(17)3-7-21-19/h2-3,6-7,10-11,15-16H,4-5,8-9,12-13H2,1H3,(H,20,21). The highest BCUT2D eigenvalue weighted by Gasteiger charge is 2.36. The molecular weight excluding hydrogens is 376 g/mol. The Balaban J connectivity index is 1.23. The summed E-state index contributed by atoms with van der Waals surface area (Å²) in [4.78, 5) is 9.96. The van der Waals surface area contributed by atoms with Gasteiger partial charge in [0.15, 0.2) is 0 Å². The lowest BCUT2D eigenvalue weighted by molar-refractivity contribution is 0.0309. The average Bonchev–Trinajstić information content (AvgIpc) is 3.29. The van der Waals surface area contributed by atoms with E-state index in [4.69, 9.17) is 0 Å². The monoisotopic (exact) mass is 400 g/mol. The summed E-state index contributed by atoms with van der Waals surface area (Å²) in [5.74, 6) is 0. The molecule has 0 unspecified atom stereocenters. The number of aromatic nitrogens is 4. The minimum absolute atomic E-state index is 0.380. The third-order valence-corrected chi connectivity index (χ3v) is 7.35. The van der Waals surface area contributed by atoms with Crippen LogP contribution < -0.4 is 0 Å². The van der Waals surface area contributed by atoms with E-state index in [2.05, 4.69) is 30.8 Å². The largest absolute Gasteiger partial charge is 0.346 e. The molecule has 2 aliphatic heterocycles. The first kappa shape index (κ1) is 17.8. The Kier molecular flexibility index (Phi) is 4.26. The van der Waals surface area contributed by atoms with Crippen LogP contribution in [-0.2, 0) is 10.0 Å². The fourth-order valence-corrected chi connectivity index (χ4v) is 5.26. The zero-order chi connectivity index (χ0) is 19.3. The molecule has 2 saturated heterocycles. The van der Waals surface area contributed by atoms with Gasteiger partial charge in [0.05, 0.1) is 18.5 Å². The number of pyridine rings is 1. The predicted octanol–water partition coefficient (Wildman–Crippen LogP) is 1.71. The van der Waals surface area contributed by atoms with Gasteiger partial charge in [-0.2, -0.15) is 5.10 Å². The van der Waals surface area contributed by atoms with Crippen LogP contribution in [0.25, 0.3) is 22.2 Å². The molecule has 2 aliphatic rings. The Morgan fingerprint density at radius 2 is 1.93 bits per heavy atom. The van der Waals surface area contributed by atoms with E-state index in [1.807, 2.05) is 30.7 Å². The van der Waals surface area contributed by atoms with Crippen LogP contribution >= 0.6 is 0 Å². The zero-order valence-corrected chi connectivity index (χ0v) is 16.6. The number of fused-ring (bicyclic) bond motifs is 1. The van der Waals surface area contributed by atoms with E-state index in [1.54, 1.807) is 4.31 Å². The number of nitrogens with one attached hydrogen (secondary N) is 1. The van der Waals surface area contributed by atoms with Crippen LogP contribution in [0.1, 0.15) is 18.9 Å². The van der Waals surface area contributed by atoms with E-state index in [0.717, 1.165) is 48.1 Å². The maximum atomic E-state index is 11.7. The first-order chi connectivity index (χ1) is 13.5. The lowest BCUT2D eigenvalue weighted by Gasteiger charge is -2.46. The van der Waals surface area contributed by atoms with Crippen molar-refractivity contribution in [2.24, 2.45) is 0 Å². The molecule has 5 rings (SSSR count). The normalized spacial score (nSPS) is 20.6. The summed E-state index contributed by atoms with van der Waals surface area (Å²) in [6.45, 7) is 3.21. The van der Waals surface area contributed by atoms with Crippen molar-refractivity contribution in [3.05, 3.63) is 36.9 Å². The van der Waals surface area contributed by atoms with Gasteiger partial charge in [0.25, 0.3) is 0 Å². The molecule has 0 aromatic carbocycles. The second kappa shape index (κ2) is 6.68. The molecule has 148 valence electrons. The molecule has 0 amide bonds. The van der Waals surface area contributed by atoms with Crippen LogP contribution in [-0.4, -0.2) is 75.8 Å². The lowest BCUT2D eigenvalue weighted by atomic mass is 9.98. The van der Waals surface area contributed by atoms with Crippen molar-refractivity contribution < 1.29 is 8.42 Å². The van der Waals surface area contributed by atoms with Gasteiger partial charge < -0.3 is 4.98 Å². The summed E-state index contributed by atoms with van der Waals surface area (Å²) in [6, 6.07) is 4.93. The van der Waals surface area contributed by atoms with Crippen molar-refractivity contribution in [3.63, 3.8) is 0 Å². The topological polar surface area (TPSA) is 87.1 Å². The minimum Gasteiger partial charge on any atom is -0.346 e. The van der Waals surface area contributed by atoms with Crippen LogP contribution in [0.2, 0.25) is 0 Å². The van der Waals surface area contributed by atoms with E-state index in [1.165, 1.54) is 6.26 Å². The van der Waals surface area contributed by atoms with E-state index >= 15 is 0 Å². The van der Waals surface area contributed by atoms with Gasteiger partial charge in [-0.25, -0.2) is 17.7 Å². The predicted molar refractivity (Wildman–Crippen MR) is 107 cm³/mol. The highest BCUT2D eigenvalue weighted by molar-refractivity contribution is 7.88. The van der Waals surface area contributed by atoms with Crippen LogP contribution in [0.15, 0.2) is 36.9 Å². The lowest BCUT2D eigenvalue weighted by Crippen LogP contribution is -2.56. The van der Waals surface area contributed by atoms with Gasteiger partial charge in [-0.3, -0.25) is 9.58 Å². The first-order valence-electron chi connectivity index (χ1n) is 9.65.